The molecule has 2 aliphatic heterocycles. The summed E-state index contributed by atoms with van der Waals surface area (Å²) < 4.78 is 0. The first-order chi connectivity index (χ1) is 8.58. The predicted octanol–water partition coefficient (Wildman–Crippen LogP) is 0.973. The Kier molecular flexibility index (Phi) is 4.62. The van der Waals surface area contributed by atoms with Gasteiger partial charge in [-0.1, -0.05) is 0 Å². The number of hydrogen-bond acceptors (Lipinski definition) is 3. The van der Waals surface area contributed by atoms with E-state index in [1.165, 1.54) is 12.8 Å². The number of fused-ring (bicyclic) bond motifs is 2. The molecule has 4 nitrogen and oxygen atoms in total. The molecule has 2 heterocycles. The fourth-order valence-corrected chi connectivity index (χ4v) is 3.04. The average Bonchev–Trinajstić information content (AvgIpc) is 2.95. The molecule has 3 unspecified atom stereocenters. The van der Waals surface area contributed by atoms with Crippen molar-refractivity contribution in [2.45, 2.75) is 57.7 Å². The number of amides is 1. The highest BCUT2D eigenvalue weighted by atomic mass is 16.1. The van der Waals surface area contributed by atoms with E-state index >= 15 is 0 Å². The van der Waals surface area contributed by atoms with Gasteiger partial charge in [-0.3, -0.25) is 4.79 Å². The summed E-state index contributed by atoms with van der Waals surface area (Å²) in [4.78, 5) is 14.4. The Hall–Kier alpha value is -0.610. The van der Waals surface area contributed by atoms with E-state index in [0.29, 0.717) is 18.1 Å². The summed E-state index contributed by atoms with van der Waals surface area (Å²) in [6, 6.07) is 1.64. The van der Waals surface area contributed by atoms with Crippen molar-refractivity contribution in [1.29, 1.82) is 0 Å². The van der Waals surface area contributed by atoms with Crippen molar-refractivity contribution >= 4 is 5.91 Å². The van der Waals surface area contributed by atoms with Gasteiger partial charge in [0.2, 0.25) is 5.91 Å². The van der Waals surface area contributed by atoms with Crippen molar-refractivity contribution < 1.29 is 4.79 Å². The van der Waals surface area contributed by atoms with Crippen molar-refractivity contribution in [1.82, 2.24) is 15.5 Å². The first-order valence-electron chi connectivity index (χ1n) is 7.32. The summed E-state index contributed by atoms with van der Waals surface area (Å²) in [5, 5.41) is 6.61. The van der Waals surface area contributed by atoms with Crippen molar-refractivity contribution in [3.05, 3.63) is 0 Å². The highest BCUT2D eigenvalue weighted by molar-refractivity contribution is 5.80. The minimum Gasteiger partial charge on any atom is -0.356 e. The molecule has 2 saturated heterocycles. The van der Waals surface area contributed by atoms with Gasteiger partial charge in [0.1, 0.15) is 0 Å². The Labute approximate surface area is 110 Å². The molecule has 1 amide bonds. The van der Waals surface area contributed by atoms with Gasteiger partial charge in [-0.2, -0.15) is 0 Å². The standard InChI is InChI=1S/C14H27N3O/c1-10(2)17(3)8-4-7-15-14(18)12-9-11-5-6-13(12)16-11/h10-13,16H,4-9H2,1-3H3,(H,15,18). The first-order valence-corrected chi connectivity index (χ1v) is 7.32. The summed E-state index contributed by atoms with van der Waals surface area (Å²) in [6.45, 7) is 6.25. The van der Waals surface area contributed by atoms with Crippen LogP contribution in [0.2, 0.25) is 0 Å². The third-order valence-corrected chi connectivity index (χ3v) is 4.51. The van der Waals surface area contributed by atoms with Crippen molar-refractivity contribution in [2.24, 2.45) is 5.92 Å². The lowest BCUT2D eigenvalue weighted by atomic mass is 9.88. The van der Waals surface area contributed by atoms with Gasteiger partial charge in [0, 0.05) is 24.7 Å². The summed E-state index contributed by atoms with van der Waals surface area (Å²) in [6.07, 6.45) is 4.52. The molecule has 0 aromatic heterocycles. The number of nitrogens with zero attached hydrogens (tertiary/aromatic N) is 1. The van der Waals surface area contributed by atoms with Gasteiger partial charge in [0.25, 0.3) is 0 Å². The molecular weight excluding hydrogens is 226 g/mol. The maximum atomic E-state index is 12.0. The number of nitrogens with one attached hydrogen (secondary N) is 2. The second-order valence-corrected chi connectivity index (χ2v) is 6.11. The summed E-state index contributed by atoms with van der Waals surface area (Å²) in [5.41, 5.74) is 0. The van der Waals surface area contributed by atoms with Gasteiger partial charge < -0.3 is 15.5 Å². The molecular formula is C14H27N3O. The average molecular weight is 253 g/mol. The molecule has 0 radical (unpaired) electrons. The van der Waals surface area contributed by atoms with Gasteiger partial charge in [-0.15, -0.1) is 0 Å². The lowest BCUT2D eigenvalue weighted by molar-refractivity contribution is -0.125. The van der Waals surface area contributed by atoms with Crippen LogP contribution in [0.15, 0.2) is 0 Å². The number of carbonyl (C=O) groups excluding carboxylic acids is 1. The SMILES string of the molecule is CC(C)N(C)CCCNC(=O)C1CC2CCC1N2. The molecule has 0 aromatic carbocycles. The van der Waals surface area contributed by atoms with E-state index in [1.54, 1.807) is 0 Å². The summed E-state index contributed by atoms with van der Waals surface area (Å²) in [5.74, 6) is 0.494. The zero-order valence-corrected chi connectivity index (χ0v) is 11.9. The Morgan fingerprint density at radius 2 is 2.22 bits per heavy atom. The quantitative estimate of drug-likeness (QED) is 0.693. The van der Waals surface area contributed by atoms with Crippen LogP contribution in [0.5, 0.6) is 0 Å². The van der Waals surface area contributed by atoms with E-state index in [1.807, 2.05) is 0 Å². The molecule has 104 valence electrons. The fourth-order valence-electron chi connectivity index (χ4n) is 3.04. The van der Waals surface area contributed by atoms with Crippen molar-refractivity contribution in [3.63, 3.8) is 0 Å². The molecule has 2 aliphatic rings. The summed E-state index contributed by atoms with van der Waals surface area (Å²) in [7, 11) is 2.13. The van der Waals surface area contributed by atoms with Crippen LogP contribution in [0.1, 0.15) is 39.5 Å². The zero-order valence-electron chi connectivity index (χ0n) is 11.9. The normalized spacial score (nSPS) is 30.4. The Morgan fingerprint density at radius 3 is 2.78 bits per heavy atom. The Morgan fingerprint density at radius 1 is 1.44 bits per heavy atom. The summed E-state index contributed by atoms with van der Waals surface area (Å²) >= 11 is 0. The molecule has 4 heteroatoms. The van der Waals surface area contributed by atoms with Crippen LogP contribution in [0.3, 0.4) is 0 Å². The number of hydrogen-bond donors (Lipinski definition) is 2. The van der Waals surface area contributed by atoms with E-state index in [4.69, 9.17) is 0 Å². The van der Waals surface area contributed by atoms with Crippen LogP contribution in [0.25, 0.3) is 0 Å². The van der Waals surface area contributed by atoms with Gasteiger partial charge in [0.15, 0.2) is 0 Å². The second kappa shape index (κ2) is 6.02. The minimum absolute atomic E-state index is 0.228. The van der Waals surface area contributed by atoms with Crippen molar-refractivity contribution in [3.8, 4) is 0 Å². The first kappa shape index (κ1) is 13.8. The molecule has 2 rings (SSSR count). The van der Waals surface area contributed by atoms with Crippen LogP contribution in [0.4, 0.5) is 0 Å². The van der Waals surface area contributed by atoms with Gasteiger partial charge in [-0.05, 0) is 53.1 Å². The Balaban J connectivity index is 1.61. The van der Waals surface area contributed by atoms with Crippen LogP contribution in [0, 0.1) is 5.92 Å². The van der Waals surface area contributed by atoms with E-state index in [0.717, 1.165) is 25.9 Å². The van der Waals surface area contributed by atoms with E-state index < -0.39 is 0 Å². The van der Waals surface area contributed by atoms with Crippen molar-refractivity contribution in [2.75, 3.05) is 20.1 Å². The third-order valence-electron chi connectivity index (χ3n) is 4.51. The van der Waals surface area contributed by atoms with Gasteiger partial charge >= 0.3 is 0 Å². The molecule has 2 fully saturated rings. The molecule has 2 N–H and O–H groups in total. The van der Waals surface area contributed by atoms with E-state index in [-0.39, 0.29) is 11.8 Å². The number of rotatable bonds is 6. The van der Waals surface area contributed by atoms with Crippen LogP contribution >= 0.6 is 0 Å². The smallest absolute Gasteiger partial charge is 0.224 e. The van der Waals surface area contributed by atoms with E-state index in [2.05, 4.69) is 36.4 Å². The highest BCUT2D eigenvalue weighted by Gasteiger charge is 2.42. The maximum absolute atomic E-state index is 12.0. The molecule has 18 heavy (non-hydrogen) atoms. The zero-order chi connectivity index (χ0) is 13.1. The molecule has 0 aliphatic carbocycles. The highest BCUT2D eigenvalue weighted by Crippen LogP contribution is 2.33. The molecule has 0 saturated carbocycles. The maximum Gasteiger partial charge on any atom is 0.224 e. The van der Waals surface area contributed by atoms with Gasteiger partial charge in [-0.25, -0.2) is 0 Å². The fraction of sp³-hybridized carbons (Fsp3) is 0.929. The Bertz CT molecular complexity index is 293. The van der Waals surface area contributed by atoms with Crippen LogP contribution in [-0.4, -0.2) is 49.1 Å². The monoisotopic (exact) mass is 253 g/mol. The minimum atomic E-state index is 0.228. The van der Waals surface area contributed by atoms with Gasteiger partial charge in [0.05, 0.1) is 5.92 Å². The molecule has 0 aromatic rings. The third kappa shape index (κ3) is 3.23. The molecule has 0 spiro atoms. The predicted molar refractivity (Wildman–Crippen MR) is 73.4 cm³/mol. The topological polar surface area (TPSA) is 44.4 Å². The largest absolute Gasteiger partial charge is 0.356 e. The molecule has 3 atom stereocenters. The van der Waals surface area contributed by atoms with Crippen LogP contribution in [-0.2, 0) is 4.79 Å². The lowest BCUT2D eigenvalue weighted by Gasteiger charge is -2.22. The second-order valence-electron chi connectivity index (χ2n) is 6.11. The van der Waals surface area contributed by atoms with E-state index in [9.17, 15) is 4.79 Å². The number of carbonyl (C=O) groups is 1. The molecule has 2 bridgehead atoms. The van der Waals surface area contributed by atoms with Crippen LogP contribution < -0.4 is 10.6 Å². The lowest BCUT2D eigenvalue weighted by Crippen LogP contribution is -2.38.